The van der Waals surface area contributed by atoms with E-state index in [0.29, 0.717) is 30.6 Å². The molecule has 1 aromatic rings. The van der Waals surface area contributed by atoms with Crippen LogP contribution in [0.25, 0.3) is 0 Å². The van der Waals surface area contributed by atoms with Gasteiger partial charge in [0.25, 0.3) is 0 Å². The maximum atomic E-state index is 11.7. The van der Waals surface area contributed by atoms with Gasteiger partial charge in [-0.25, -0.2) is 9.59 Å². The number of unbranched alkanes of at least 4 members (excludes halogenated alkanes) is 2. The van der Waals surface area contributed by atoms with Crippen molar-refractivity contribution in [1.29, 1.82) is 0 Å². The number of aliphatic hydroxyl groups excluding tert-OH is 1. The molecule has 1 aromatic carbocycles. The van der Waals surface area contributed by atoms with Crippen molar-refractivity contribution < 1.29 is 29.2 Å². The lowest BCUT2D eigenvalue weighted by Crippen LogP contribution is -2.09. The largest absolute Gasteiger partial charge is 0.462 e. The third kappa shape index (κ3) is 6.69. The predicted octanol–water partition coefficient (Wildman–Crippen LogP) is 2.50. The van der Waals surface area contributed by atoms with E-state index < -0.39 is 11.9 Å². The Bertz CT molecular complexity index is 411. The molecule has 0 unspecified atom stereocenters. The Hall–Kier alpha value is -1.92. The average Bonchev–Trinajstić information content (AvgIpc) is 2.55. The minimum absolute atomic E-state index is 0.0781. The van der Waals surface area contributed by atoms with E-state index in [4.69, 9.17) is 14.7 Å². The van der Waals surface area contributed by atoms with Crippen LogP contribution >= 0.6 is 0 Å². The standard InChI is InChI=1S/C16H22O6/c1-2-3-12-21-22-16(19)14-8-6-13(7-9-14)15(18)20-11-5-4-10-17/h6-9,17H,2-5,10-12H2,1H3. The summed E-state index contributed by atoms with van der Waals surface area (Å²) in [4.78, 5) is 32.8. The number of aliphatic hydroxyl groups is 1. The maximum absolute atomic E-state index is 11.7. The summed E-state index contributed by atoms with van der Waals surface area (Å²) in [6, 6.07) is 5.96. The van der Waals surface area contributed by atoms with E-state index in [-0.39, 0.29) is 13.2 Å². The summed E-state index contributed by atoms with van der Waals surface area (Å²) in [5.41, 5.74) is 0.653. The SMILES string of the molecule is CCCCOOC(=O)c1ccc(C(=O)OCCCCO)cc1. The van der Waals surface area contributed by atoms with Crippen LogP contribution in [0.2, 0.25) is 0 Å². The number of hydrogen-bond acceptors (Lipinski definition) is 6. The predicted molar refractivity (Wildman–Crippen MR) is 79.3 cm³/mol. The molecular weight excluding hydrogens is 288 g/mol. The fourth-order valence-electron chi connectivity index (χ4n) is 1.55. The van der Waals surface area contributed by atoms with Gasteiger partial charge in [-0.1, -0.05) is 13.3 Å². The number of rotatable bonds is 10. The molecule has 1 rings (SSSR count). The quantitative estimate of drug-likeness (QED) is 0.309. The molecule has 0 heterocycles. The lowest BCUT2D eigenvalue weighted by atomic mass is 10.1. The van der Waals surface area contributed by atoms with Crippen molar-refractivity contribution in [2.45, 2.75) is 32.6 Å². The highest BCUT2D eigenvalue weighted by Crippen LogP contribution is 2.08. The second kappa shape index (κ2) is 10.8. The second-order valence-electron chi connectivity index (χ2n) is 4.69. The van der Waals surface area contributed by atoms with Crippen molar-refractivity contribution in [1.82, 2.24) is 0 Å². The second-order valence-corrected chi connectivity index (χ2v) is 4.69. The van der Waals surface area contributed by atoms with Gasteiger partial charge in [0.2, 0.25) is 0 Å². The first-order chi connectivity index (χ1) is 10.7. The van der Waals surface area contributed by atoms with Crippen LogP contribution in [0.5, 0.6) is 0 Å². The molecule has 0 aromatic heterocycles. The van der Waals surface area contributed by atoms with Crippen LogP contribution in [0.4, 0.5) is 0 Å². The number of benzene rings is 1. The zero-order valence-corrected chi connectivity index (χ0v) is 12.7. The monoisotopic (exact) mass is 310 g/mol. The minimum Gasteiger partial charge on any atom is -0.462 e. The number of carbonyl (C=O) groups excluding carboxylic acids is 2. The molecule has 0 amide bonds. The van der Waals surface area contributed by atoms with E-state index in [1.165, 1.54) is 24.3 Å². The lowest BCUT2D eigenvalue weighted by Gasteiger charge is -2.05. The van der Waals surface area contributed by atoms with Crippen LogP contribution < -0.4 is 0 Å². The molecule has 0 aliphatic carbocycles. The molecular formula is C16H22O6. The molecule has 122 valence electrons. The van der Waals surface area contributed by atoms with E-state index in [2.05, 4.69) is 4.89 Å². The van der Waals surface area contributed by atoms with E-state index in [9.17, 15) is 9.59 Å². The number of ether oxygens (including phenoxy) is 1. The fraction of sp³-hybridized carbons (Fsp3) is 0.500. The van der Waals surface area contributed by atoms with Gasteiger partial charge in [-0.3, -0.25) is 4.89 Å². The van der Waals surface area contributed by atoms with Crippen molar-refractivity contribution in [3.63, 3.8) is 0 Å². The number of esters is 1. The molecule has 0 bridgehead atoms. The first-order valence-corrected chi connectivity index (χ1v) is 7.41. The highest BCUT2D eigenvalue weighted by molar-refractivity contribution is 5.93. The zero-order valence-electron chi connectivity index (χ0n) is 12.7. The van der Waals surface area contributed by atoms with Gasteiger partial charge in [0.15, 0.2) is 0 Å². The normalized spacial score (nSPS) is 10.3. The highest BCUT2D eigenvalue weighted by atomic mass is 17.2. The summed E-state index contributed by atoms with van der Waals surface area (Å²) < 4.78 is 5.03. The summed E-state index contributed by atoms with van der Waals surface area (Å²) in [5.74, 6) is -1.06. The topological polar surface area (TPSA) is 82.1 Å². The number of hydrogen-bond donors (Lipinski definition) is 1. The van der Waals surface area contributed by atoms with Gasteiger partial charge >= 0.3 is 11.9 Å². The van der Waals surface area contributed by atoms with Gasteiger partial charge in [0, 0.05) is 6.61 Å². The third-order valence-electron chi connectivity index (χ3n) is 2.86. The van der Waals surface area contributed by atoms with E-state index in [1.54, 1.807) is 0 Å². The minimum atomic E-state index is -0.598. The summed E-state index contributed by atoms with van der Waals surface area (Å²) >= 11 is 0. The Labute approximate surface area is 129 Å². The van der Waals surface area contributed by atoms with Crippen LogP contribution in [-0.4, -0.2) is 36.9 Å². The van der Waals surface area contributed by atoms with Gasteiger partial charge in [-0.05, 0) is 43.5 Å². The molecule has 0 saturated carbocycles. The molecule has 0 aliphatic heterocycles. The van der Waals surface area contributed by atoms with Crippen LogP contribution in [0, 0.1) is 0 Å². The summed E-state index contributed by atoms with van der Waals surface area (Å²) in [6.45, 7) is 2.70. The Morgan fingerprint density at radius 2 is 1.59 bits per heavy atom. The lowest BCUT2D eigenvalue weighted by molar-refractivity contribution is -0.241. The van der Waals surface area contributed by atoms with Gasteiger partial charge in [-0.15, -0.1) is 0 Å². The summed E-state index contributed by atoms with van der Waals surface area (Å²) in [7, 11) is 0. The Morgan fingerprint density at radius 1 is 0.955 bits per heavy atom. The van der Waals surface area contributed by atoms with Crippen LogP contribution in [0.15, 0.2) is 24.3 Å². The summed E-state index contributed by atoms with van der Waals surface area (Å²) in [6.07, 6.45) is 2.97. The van der Waals surface area contributed by atoms with Gasteiger partial charge in [-0.2, -0.15) is 4.89 Å². The molecule has 0 fully saturated rings. The van der Waals surface area contributed by atoms with Crippen molar-refractivity contribution >= 4 is 11.9 Å². The van der Waals surface area contributed by atoms with Gasteiger partial charge in [0.1, 0.15) is 0 Å². The third-order valence-corrected chi connectivity index (χ3v) is 2.86. The average molecular weight is 310 g/mol. The first-order valence-electron chi connectivity index (χ1n) is 7.41. The molecule has 22 heavy (non-hydrogen) atoms. The van der Waals surface area contributed by atoms with Gasteiger partial charge in [0.05, 0.1) is 24.3 Å². The van der Waals surface area contributed by atoms with E-state index in [1.807, 2.05) is 6.92 Å². The Morgan fingerprint density at radius 3 is 2.18 bits per heavy atom. The molecule has 0 atom stereocenters. The van der Waals surface area contributed by atoms with E-state index >= 15 is 0 Å². The molecule has 0 radical (unpaired) electrons. The highest BCUT2D eigenvalue weighted by Gasteiger charge is 2.11. The van der Waals surface area contributed by atoms with Crippen LogP contribution in [-0.2, 0) is 14.5 Å². The van der Waals surface area contributed by atoms with Gasteiger partial charge < -0.3 is 9.84 Å². The molecule has 0 spiro atoms. The van der Waals surface area contributed by atoms with Crippen molar-refractivity contribution in [3.8, 4) is 0 Å². The molecule has 6 heteroatoms. The van der Waals surface area contributed by atoms with E-state index in [0.717, 1.165) is 12.8 Å². The first kappa shape index (κ1) is 18.1. The zero-order chi connectivity index (χ0) is 16.2. The van der Waals surface area contributed by atoms with Crippen LogP contribution in [0.3, 0.4) is 0 Å². The fourth-order valence-corrected chi connectivity index (χ4v) is 1.55. The maximum Gasteiger partial charge on any atom is 0.373 e. The smallest absolute Gasteiger partial charge is 0.373 e. The molecule has 1 N–H and O–H groups in total. The molecule has 6 nitrogen and oxygen atoms in total. The Kier molecular flexibility index (Phi) is 8.86. The van der Waals surface area contributed by atoms with Crippen molar-refractivity contribution in [2.24, 2.45) is 0 Å². The van der Waals surface area contributed by atoms with Crippen molar-refractivity contribution in [3.05, 3.63) is 35.4 Å². The Balaban J connectivity index is 2.41. The molecule has 0 aliphatic rings. The summed E-state index contributed by atoms with van der Waals surface area (Å²) in [5, 5.41) is 8.63. The van der Waals surface area contributed by atoms with Crippen LogP contribution in [0.1, 0.15) is 53.3 Å². The molecule has 0 saturated heterocycles. The number of carbonyl (C=O) groups is 2. The van der Waals surface area contributed by atoms with Crippen molar-refractivity contribution in [2.75, 3.05) is 19.8 Å².